The summed E-state index contributed by atoms with van der Waals surface area (Å²) in [5.41, 5.74) is 0.710. The predicted molar refractivity (Wildman–Crippen MR) is 73.3 cm³/mol. The summed E-state index contributed by atoms with van der Waals surface area (Å²) in [5.74, 6) is -0.342. The normalized spacial score (nSPS) is 27.0. The van der Waals surface area contributed by atoms with Crippen LogP contribution in [0.1, 0.15) is 32.3 Å². The van der Waals surface area contributed by atoms with Gasteiger partial charge >= 0.3 is 0 Å². The van der Waals surface area contributed by atoms with Crippen LogP contribution in [0.2, 0.25) is 0 Å². The molecule has 0 radical (unpaired) electrons. The van der Waals surface area contributed by atoms with Crippen molar-refractivity contribution < 1.29 is 9.18 Å². The lowest BCUT2D eigenvalue weighted by Gasteiger charge is -2.34. The van der Waals surface area contributed by atoms with Gasteiger partial charge in [0.05, 0.1) is 6.42 Å². The van der Waals surface area contributed by atoms with Gasteiger partial charge < -0.3 is 10.6 Å². The standard InChI is InChI=1S/C15H21FN2O/c1-10-6-7-14(11(2)17-10)18-15(19)9-12-4-3-5-13(16)8-12/h3-5,8,10-11,14,17H,6-7,9H2,1-2H3,(H,18,19). The zero-order valence-electron chi connectivity index (χ0n) is 11.4. The maximum atomic E-state index is 13.0. The van der Waals surface area contributed by atoms with Gasteiger partial charge in [-0.1, -0.05) is 12.1 Å². The van der Waals surface area contributed by atoms with Crippen molar-refractivity contribution in [3.8, 4) is 0 Å². The second kappa shape index (κ2) is 6.15. The minimum absolute atomic E-state index is 0.0428. The van der Waals surface area contributed by atoms with E-state index in [1.807, 2.05) is 0 Å². The largest absolute Gasteiger partial charge is 0.352 e. The Balaban J connectivity index is 1.87. The molecule has 1 aromatic carbocycles. The van der Waals surface area contributed by atoms with E-state index < -0.39 is 0 Å². The monoisotopic (exact) mass is 264 g/mol. The van der Waals surface area contributed by atoms with E-state index in [2.05, 4.69) is 24.5 Å². The van der Waals surface area contributed by atoms with Gasteiger partial charge in [-0.2, -0.15) is 0 Å². The van der Waals surface area contributed by atoms with E-state index in [-0.39, 0.29) is 30.2 Å². The Morgan fingerprint density at radius 1 is 1.42 bits per heavy atom. The third-order valence-electron chi connectivity index (χ3n) is 3.66. The number of piperidine rings is 1. The molecule has 1 aliphatic heterocycles. The van der Waals surface area contributed by atoms with Crippen LogP contribution >= 0.6 is 0 Å². The molecular weight excluding hydrogens is 243 g/mol. The van der Waals surface area contributed by atoms with E-state index >= 15 is 0 Å². The molecule has 1 saturated heterocycles. The highest BCUT2D eigenvalue weighted by Gasteiger charge is 2.25. The first-order chi connectivity index (χ1) is 9.04. The lowest BCUT2D eigenvalue weighted by Crippen LogP contribution is -2.55. The summed E-state index contributed by atoms with van der Waals surface area (Å²) in [4.78, 5) is 12.0. The molecule has 0 aliphatic carbocycles. The molecule has 0 spiro atoms. The fourth-order valence-electron chi connectivity index (χ4n) is 2.62. The number of carbonyl (C=O) groups excluding carboxylic acids is 1. The molecule has 1 aliphatic rings. The fourth-order valence-corrected chi connectivity index (χ4v) is 2.62. The van der Waals surface area contributed by atoms with Gasteiger partial charge in [0.25, 0.3) is 0 Å². The molecule has 1 fully saturated rings. The summed E-state index contributed by atoms with van der Waals surface area (Å²) < 4.78 is 13.0. The predicted octanol–water partition coefficient (Wildman–Crippen LogP) is 2.01. The van der Waals surface area contributed by atoms with Crippen molar-refractivity contribution >= 4 is 5.91 Å². The van der Waals surface area contributed by atoms with Crippen LogP contribution in [0, 0.1) is 5.82 Å². The number of carbonyl (C=O) groups is 1. The summed E-state index contributed by atoms with van der Waals surface area (Å²) in [5, 5.41) is 6.47. The smallest absolute Gasteiger partial charge is 0.224 e. The Hall–Kier alpha value is -1.42. The minimum Gasteiger partial charge on any atom is -0.352 e. The molecule has 19 heavy (non-hydrogen) atoms. The molecular formula is C15H21FN2O. The zero-order valence-corrected chi connectivity index (χ0v) is 11.4. The maximum Gasteiger partial charge on any atom is 0.224 e. The number of hydrogen-bond acceptors (Lipinski definition) is 2. The van der Waals surface area contributed by atoms with Crippen molar-refractivity contribution in [2.75, 3.05) is 0 Å². The Bertz CT molecular complexity index is 450. The summed E-state index contributed by atoms with van der Waals surface area (Å²) >= 11 is 0. The molecule has 2 rings (SSSR count). The highest BCUT2D eigenvalue weighted by Crippen LogP contribution is 2.13. The van der Waals surface area contributed by atoms with Crippen molar-refractivity contribution in [1.29, 1.82) is 0 Å². The van der Waals surface area contributed by atoms with Crippen molar-refractivity contribution in [3.63, 3.8) is 0 Å². The average molecular weight is 264 g/mol. The molecule has 0 aromatic heterocycles. The number of hydrogen-bond donors (Lipinski definition) is 2. The number of halogens is 1. The van der Waals surface area contributed by atoms with E-state index in [1.54, 1.807) is 12.1 Å². The lowest BCUT2D eigenvalue weighted by molar-refractivity contribution is -0.121. The summed E-state index contributed by atoms with van der Waals surface area (Å²) in [6.45, 7) is 4.24. The van der Waals surface area contributed by atoms with Crippen LogP contribution in [0.4, 0.5) is 4.39 Å². The summed E-state index contributed by atoms with van der Waals surface area (Å²) in [6, 6.07) is 7.14. The molecule has 3 atom stereocenters. The average Bonchev–Trinajstić information content (AvgIpc) is 2.33. The van der Waals surface area contributed by atoms with Gasteiger partial charge in [-0.25, -0.2) is 4.39 Å². The van der Waals surface area contributed by atoms with Crippen LogP contribution in [-0.2, 0) is 11.2 Å². The van der Waals surface area contributed by atoms with Gasteiger partial charge in [0.1, 0.15) is 5.82 Å². The maximum absolute atomic E-state index is 13.0. The third kappa shape index (κ3) is 4.03. The van der Waals surface area contributed by atoms with Crippen molar-refractivity contribution in [2.24, 2.45) is 0 Å². The van der Waals surface area contributed by atoms with Crippen LogP contribution < -0.4 is 10.6 Å². The van der Waals surface area contributed by atoms with Crippen LogP contribution in [-0.4, -0.2) is 24.0 Å². The van der Waals surface area contributed by atoms with Crippen LogP contribution in [0.3, 0.4) is 0 Å². The molecule has 0 saturated carbocycles. The second-order valence-corrected chi connectivity index (χ2v) is 5.41. The molecule has 1 heterocycles. The van der Waals surface area contributed by atoms with E-state index in [4.69, 9.17) is 0 Å². The SMILES string of the molecule is CC1CCC(NC(=O)Cc2cccc(F)c2)C(C)N1. The Labute approximate surface area is 113 Å². The molecule has 3 unspecified atom stereocenters. The van der Waals surface area contributed by atoms with Gasteiger partial charge in [0, 0.05) is 18.1 Å². The van der Waals surface area contributed by atoms with Crippen molar-refractivity contribution in [3.05, 3.63) is 35.6 Å². The van der Waals surface area contributed by atoms with Crippen molar-refractivity contribution in [1.82, 2.24) is 10.6 Å². The van der Waals surface area contributed by atoms with Gasteiger partial charge in [0.15, 0.2) is 0 Å². The fraction of sp³-hybridized carbons (Fsp3) is 0.533. The van der Waals surface area contributed by atoms with E-state index in [0.717, 1.165) is 12.8 Å². The number of rotatable bonds is 3. The van der Waals surface area contributed by atoms with Gasteiger partial charge in [-0.05, 0) is 44.4 Å². The zero-order chi connectivity index (χ0) is 13.8. The summed E-state index contributed by atoms with van der Waals surface area (Å²) in [7, 11) is 0. The first-order valence-electron chi connectivity index (χ1n) is 6.84. The van der Waals surface area contributed by atoms with Crippen LogP contribution in [0.15, 0.2) is 24.3 Å². The highest BCUT2D eigenvalue weighted by molar-refractivity contribution is 5.78. The Kier molecular flexibility index (Phi) is 4.53. The lowest BCUT2D eigenvalue weighted by atomic mass is 9.95. The highest BCUT2D eigenvalue weighted by atomic mass is 19.1. The Morgan fingerprint density at radius 2 is 2.21 bits per heavy atom. The molecule has 0 bridgehead atoms. The second-order valence-electron chi connectivity index (χ2n) is 5.41. The van der Waals surface area contributed by atoms with E-state index in [0.29, 0.717) is 11.6 Å². The molecule has 1 amide bonds. The quantitative estimate of drug-likeness (QED) is 0.877. The van der Waals surface area contributed by atoms with Gasteiger partial charge in [-0.3, -0.25) is 4.79 Å². The minimum atomic E-state index is -0.299. The molecule has 1 aromatic rings. The number of amides is 1. The van der Waals surface area contributed by atoms with E-state index in [1.165, 1.54) is 12.1 Å². The van der Waals surface area contributed by atoms with Crippen molar-refractivity contribution in [2.45, 2.75) is 51.2 Å². The van der Waals surface area contributed by atoms with Crippen LogP contribution in [0.5, 0.6) is 0 Å². The topological polar surface area (TPSA) is 41.1 Å². The first kappa shape index (κ1) is 14.0. The molecule has 2 N–H and O–H groups in total. The molecule has 3 nitrogen and oxygen atoms in total. The summed E-state index contributed by atoms with van der Waals surface area (Å²) in [6.07, 6.45) is 2.29. The number of benzene rings is 1. The van der Waals surface area contributed by atoms with Gasteiger partial charge in [0.2, 0.25) is 5.91 Å². The van der Waals surface area contributed by atoms with Crippen LogP contribution in [0.25, 0.3) is 0 Å². The molecule has 104 valence electrons. The number of nitrogens with one attached hydrogen (secondary N) is 2. The third-order valence-corrected chi connectivity index (χ3v) is 3.66. The first-order valence-corrected chi connectivity index (χ1v) is 6.84. The van der Waals surface area contributed by atoms with E-state index in [9.17, 15) is 9.18 Å². The Morgan fingerprint density at radius 3 is 2.89 bits per heavy atom. The molecule has 4 heteroatoms. The van der Waals surface area contributed by atoms with Gasteiger partial charge in [-0.15, -0.1) is 0 Å².